The molecule has 0 spiro atoms. The van der Waals surface area contributed by atoms with E-state index in [4.69, 9.17) is 0 Å². The van der Waals surface area contributed by atoms with Gasteiger partial charge in [-0.25, -0.2) is 9.97 Å². The van der Waals surface area contributed by atoms with Crippen molar-refractivity contribution in [2.45, 2.75) is 24.9 Å². The molecule has 5 heteroatoms. The third kappa shape index (κ3) is 1.79. The Bertz CT molecular complexity index is 317. The van der Waals surface area contributed by atoms with Crippen LogP contribution in [0.2, 0.25) is 0 Å². The first-order valence-electron chi connectivity index (χ1n) is 3.89. The Kier molecular flexibility index (Phi) is 1.75. The van der Waals surface area contributed by atoms with E-state index < -0.39 is 11.9 Å². The Morgan fingerprint density at radius 2 is 2.08 bits per heavy atom. The van der Waals surface area contributed by atoms with Crippen LogP contribution in [0.4, 0.5) is 13.2 Å². The highest BCUT2D eigenvalue weighted by atomic mass is 19.4. The lowest BCUT2D eigenvalue weighted by molar-refractivity contribution is -0.141. The van der Waals surface area contributed by atoms with Crippen molar-refractivity contribution in [3.8, 4) is 0 Å². The van der Waals surface area contributed by atoms with Crippen LogP contribution in [-0.4, -0.2) is 9.97 Å². The average molecular weight is 187 g/mol. The molecule has 1 aliphatic rings. The van der Waals surface area contributed by atoms with Crippen LogP contribution >= 0.6 is 0 Å². The lowest BCUT2D eigenvalue weighted by atomic mass is 10.3. The van der Waals surface area contributed by atoms with Crippen molar-refractivity contribution in [1.82, 2.24) is 9.97 Å². The third-order valence-electron chi connectivity index (χ3n) is 1.84. The van der Waals surface area contributed by atoms with Gasteiger partial charge in [-0.3, -0.25) is 0 Å². The summed E-state index contributed by atoms with van der Waals surface area (Å²) in [5.74, 6) is 0.432. The number of hydrogen-bond donors (Lipinski definition) is 0. The zero-order valence-electron chi connectivity index (χ0n) is 6.60. The second-order valence-corrected chi connectivity index (χ2v) is 2.99. The van der Waals surface area contributed by atoms with Crippen molar-refractivity contribution in [2.75, 3.05) is 0 Å². The van der Waals surface area contributed by atoms with Gasteiger partial charge in [0, 0.05) is 18.2 Å². The molecular weight excluding hydrogens is 181 g/mol. The molecule has 1 aromatic heterocycles. The summed E-state index contributed by atoms with van der Waals surface area (Å²) in [6.07, 6.45) is -1.58. The minimum Gasteiger partial charge on any atom is -0.240 e. The van der Waals surface area contributed by atoms with E-state index in [1.807, 2.05) is 6.07 Å². The van der Waals surface area contributed by atoms with E-state index in [1.165, 1.54) is 0 Å². The first-order valence-corrected chi connectivity index (χ1v) is 3.89. The molecule has 0 atom stereocenters. The summed E-state index contributed by atoms with van der Waals surface area (Å²) >= 11 is 0. The van der Waals surface area contributed by atoms with Crippen LogP contribution < -0.4 is 0 Å². The van der Waals surface area contributed by atoms with Gasteiger partial charge in [0.2, 0.25) is 0 Å². The van der Waals surface area contributed by atoms with Crippen LogP contribution in [0.15, 0.2) is 6.20 Å². The summed E-state index contributed by atoms with van der Waals surface area (Å²) < 4.78 is 36.4. The van der Waals surface area contributed by atoms with Gasteiger partial charge in [-0.05, 0) is 12.8 Å². The van der Waals surface area contributed by atoms with Crippen LogP contribution in [0.5, 0.6) is 0 Å². The van der Waals surface area contributed by atoms with Crippen LogP contribution in [0.3, 0.4) is 0 Å². The molecule has 0 bridgehead atoms. The first-order chi connectivity index (χ1) is 6.07. The highest BCUT2D eigenvalue weighted by Gasteiger charge is 2.35. The van der Waals surface area contributed by atoms with Gasteiger partial charge in [0.05, 0.1) is 0 Å². The maximum Gasteiger partial charge on any atom is 0.434 e. The standard InChI is InChI=1S/C8H6F3N2/c9-8(10,11)6-3-4-12-7(13-6)5-1-2-5/h4-5H,1-2H2. The number of nitrogens with zero attached hydrogens (tertiary/aromatic N) is 2. The lowest BCUT2D eigenvalue weighted by Gasteiger charge is -2.05. The van der Waals surface area contributed by atoms with Gasteiger partial charge in [-0.2, -0.15) is 13.2 Å². The van der Waals surface area contributed by atoms with Crippen LogP contribution in [0.1, 0.15) is 30.3 Å². The molecule has 0 amide bonds. The fraction of sp³-hybridized carbons (Fsp3) is 0.500. The number of alkyl halides is 3. The number of rotatable bonds is 1. The van der Waals surface area contributed by atoms with Crippen LogP contribution in [0, 0.1) is 6.07 Å². The van der Waals surface area contributed by atoms with Crippen LogP contribution in [-0.2, 0) is 6.18 Å². The van der Waals surface area contributed by atoms with Crippen molar-refractivity contribution in [1.29, 1.82) is 0 Å². The molecule has 0 saturated heterocycles. The largest absolute Gasteiger partial charge is 0.434 e. The molecule has 1 fully saturated rings. The maximum absolute atomic E-state index is 12.1. The monoisotopic (exact) mass is 187 g/mol. The second kappa shape index (κ2) is 2.68. The minimum absolute atomic E-state index is 0.135. The van der Waals surface area contributed by atoms with E-state index >= 15 is 0 Å². The molecule has 0 aliphatic heterocycles. The van der Waals surface area contributed by atoms with Crippen molar-refractivity contribution in [3.05, 3.63) is 23.8 Å². The predicted molar refractivity (Wildman–Crippen MR) is 37.8 cm³/mol. The minimum atomic E-state index is -4.41. The molecule has 1 aliphatic carbocycles. The van der Waals surface area contributed by atoms with Crippen molar-refractivity contribution in [2.24, 2.45) is 0 Å². The Balaban J connectivity index is 2.32. The van der Waals surface area contributed by atoms with Crippen molar-refractivity contribution >= 4 is 0 Å². The molecule has 69 valence electrons. The van der Waals surface area contributed by atoms with Gasteiger partial charge < -0.3 is 0 Å². The van der Waals surface area contributed by atoms with E-state index in [1.54, 1.807) is 0 Å². The number of hydrogen-bond acceptors (Lipinski definition) is 2. The molecule has 0 N–H and O–H groups in total. The van der Waals surface area contributed by atoms with Gasteiger partial charge in [-0.1, -0.05) is 0 Å². The SMILES string of the molecule is FC(F)(F)c1[c]cnc(C2CC2)n1. The van der Waals surface area contributed by atoms with Gasteiger partial charge >= 0.3 is 6.18 Å². The zero-order valence-corrected chi connectivity index (χ0v) is 6.60. The highest BCUT2D eigenvalue weighted by molar-refractivity contribution is 5.10. The summed E-state index contributed by atoms with van der Waals surface area (Å²) in [4.78, 5) is 7.16. The third-order valence-corrected chi connectivity index (χ3v) is 1.84. The normalized spacial score (nSPS) is 17.5. The lowest BCUT2D eigenvalue weighted by Crippen LogP contribution is -2.10. The van der Waals surface area contributed by atoms with Crippen molar-refractivity contribution in [3.63, 3.8) is 0 Å². The Labute approximate surface area is 72.8 Å². The molecule has 1 heterocycles. The molecule has 13 heavy (non-hydrogen) atoms. The predicted octanol–water partition coefficient (Wildman–Crippen LogP) is 2.17. The van der Waals surface area contributed by atoms with E-state index in [-0.39, 0.29) is 5.92 Å². The molecule has 1 radical (unpaired) electrons. The van der Waals surface area contributed by atoms with Crippen molar-refractivity contribution < 1.29 is 13.2 Å². The van der Waals surface area contributed by atoms with E-state index in [0.29, 0.717) is 5.82 Å². The first kappa shape index (κ1) is 8.47. The van der Waals surface area contributed by atoms with Gasteiger partial charge in [-0.15, -0.1) is 0 Å². The quantitative estimate of drug-likeness (QED) is 0.673. The van der Waals surface area contributed by atoms with E-state index in [2.05, 4.69) is 9.97 Å². The molecule has 0 aromatic carbocycles. The average Bonchev–Trinajstić information content (AvgIpc) is 2.85. The fourth-order valence-corrected chi connectivity index (χ4v) is 1.02. The molecule has 2 nitrogen and oxygen atoms in total. The smallest absolute Gasteiger partial charge is 0.240 e. The number of aromatic nitrogens is 2. The molecule has 1 aromatic rings. The Morgan fingerprint density at radius 1 is 1.38 bits per heavy atom. The Morgan fingerprint density at radius 3 is 2.62 bits per heavy atom. The second-order valence-electron chi connectivity index (χ2n) is 2.99. The number of halogens is 3. The summed E-state index contributed by atoms with van der Waals surface area (Å²) in [6, 6.07) is 1.98. The molecular formula is C8H6F3N2. The van der Waals surface area contributed by atoms with Crippen LogP contribution in [0.25, 0.3) is 0 Å². The van der Waals surface area contributed by atoms with Gasteiger partial charge in [0.1, 0.15) is 5.82 Å². The maximum atomic E-state index is 12.1. The highest BCUT2D eigenvalue weighted by Crippen LogP contribution is 2.38. The molecule has 0 unspecified atom stereocenters. The Hall–Kier alpha value is -1.13. The van der Waals surface area contributed by atoms with E-state index in [0.717, 1.165) is 19.0 Å². The topological polar surface area (TPSA) is 25.8 Å². The molecule has 1 saturated carbocycles. The molecule has 2 rings (SSSR count). The van der Waals surface area contributed by atoms with Gasteiger partial charge in [0.25, 0.3) is 0 Å². The zero-order chi connectivity index (χ0) is 9.47. The summed E-state index contributed by atoms with van der Waals surface area (Å²) in [6.45, 7) is 0. The van der Waals surface area contributed by atoms with Gasteiger partial charge in [0.15, 0.2) is 5.69 Å². The summed E-state index contributed by atoms with van der Waals surface area (Å²) in [7, 11) is 0. The summed E-state index contributed by atoms with van der Waals surface area (Å²) in [5.41, 5.74) is -0.968. The van der Waals surface area contributed by atoms with E-state index in [9.17, 15) is 13.2 Å². The summed E-state index contributed by atoms with van der Waals surface area (Å²) in [5, 5.41) is 0. The fourth-order valence-electron chi connectivity index (χ4n) is 1.02.